The van der Waals surface area contributed by atoms with Crippen LogP contribution in [0, 0.1) is 0 Å². The van der Waals surface area contributed by atoms with Crippen LogP contribution in [0.5, 0.6) is 0 Å². The normalized spacial score (nSPS) is 15.3. The van der Waals surface area contributed by atoms with E-state index in [1.165, 1.54) is 0 Å². The van der Waals surface area contributed by atoms with Crippen molar-refractivity contribution in [1.82, 2.24) is 0 Å². The Hall–Kier alpha value is 0.467. The lowest BCUT2D eigenvalue weighted by atomic mass is 10.8. The molecular formula is C7H17ClOSi. The molecule has 0 amide bonds. The summed E-state index contributed by atoms with van der Waals surface area (Å²) in [7, 11) is -1.01. The van der Waals surface area contributed by atoms with Crippen LogP contribution in [0.3, 0.4) is 0 Å². The van der Waals surface area contributed by atoms with Crippen molar-refractivity contribution in [1.29, 1.82) is 0 Å². The van der Waals surface area contributed by atoms with E-state index in [0.717, 1.165) is 12.7 Å². The molecule has 62 valence electrons. The summed E-state index contributed by atoms with van der Waals surface area (Å²) in [6, 6.07) is 1.04. The van der Waals surface area contributed by atoms with Crippen LogP contribution < -0.4 is 0 Å². The van der Waals surface area contributed by atoms with Crippen LogP contribution in [0.15, 0.2) is 0 Å². The highest BCUT2D eigenvalue weighted by molar-refractivity contribution is 6.76. The van der Waals surface area contributed by atoms with Gasteiger partial charge in [-0.15, -0.1) is 0 Å². The van der Waals surface area contributed by atoms with Gasteiger partial charge < -0.3 is 4.74 Å². The van der Waals surface area contributed by atoms with Gasteiger partial charge in [-0.25, -0.2) is 0 Å². The third kappa shape index (κ3) is 6.58. The van der Waals surface area contributed by atoms with Gasteiger partial charge in [0.1, 0.15) is 5.56 Å². The molecule has 3 heteroatoms. The summed E-state index contributed by atoms with van der Waals surface area (Å²) in [5.41, 5.74) is -0.0586. The Morgan fingerprint density at radius 2 is 1.90 bits per heavy atom. The monoisotopic (exact) mass is 180 g/mol. The molecule has 0 saturated carbocycles. The average molecular weight is 181 g/mol. The number of rotatable bonds is 4. The Kier molecular flexibility index (Phi) is 4.57. The first-order chi connectivity index (χ1) is 4.45. The quantitative estimate of drug-likeness (QED) is 0.478. The van der Waals surface area contributed by atoms with E-state index in [1.807, 2.05) is 6.92 Å². The molecule has 0 saturated heterocycles. The molecule has 1 nitrogen and oxygen atoms in total. The van der Waals surface area contributed by atoms with Gasteiger partial charge in [-0.1, -0.05) is 31.2 Å². The molecule has 0 aromatic carbocycles. The smallest absolute Gasteiger partial charge is 0.128 e. The lowest BCUT2D eigenvalue weighted by Gasteiger charge is -2.19. The number of ether oxygens (including phenoxy) is 1. The Morgan fingerprint density at radius 1 is 1.40 bits per heavy atom. The molecule has 0 aromatic rings. The van der Waals surface area contributed by atoms with Crippen LogP contribution in [-0.4, -0.2) is 20.2 Å². The summed E-state index contributed by atoms with van der Waals surface area (Å²) in [6.07, 6.45) is 0. The molecule has 0 heterocycles. The predicted octanol–water partition coefficient (Wildman–Crippen LogP) is 2.93. The first-order valence-electron chi connectivity index (χ1n) is 3.71. The molecule has 0 aliphatic rings. The molecule has 0 N–H and O–H groups in total. The fraction of sp³-hybridized carbons (Fsp3) is 1.00. The van der Waals surface area contributed by atoms with Gasteiger partial charge in [0.05, 0.1) is 0 Å². The van der Waals surface area contributed by atoms with Crippen LogP contribution in [0.1, 0.15) is 6.92 Å². The maximum Gasteiger partial charge on any atom is 0.128 e. The molecule has 0 bridgehead atoms. The molecule has 0 fully saturated rings. The van der Waals surface area contributed by atoms with Gasteiger partial charge in [0.15, 0.2) is 0 Å². The Labute approximate surface area is 69.7 Å². The van der Waals surface area contributed by atoms with Crippen molar-refractivity contribution in [3.05, 3.63) is 0 Å². The number of hydrogen-bond donors (Lipinski definition) is 0. The highest BCUT2D eigenvalue weighted by Gasteiger charge is 2.18. The van der Waals surface area contributed by atoms with Crippen LogP contribution in [0.25, 0.3) is 0 Å². The van der Waals surface area contributed by atoms with Gasteiger partial charge in [-0.3, -0.25) is 0 Å². The van der Waals surface area contributed by atoms with Crippen LogP contribution in [0.2, 0.25) is 25.7 Å². The molecule has 0 spiro atoms. The molecule has 0 aromatic heterocycles. The standard InChI is InChI=1S/C7H17ClOSi/c1-5-9-7(8)6-10(2,3)4/h7H,5-6H2,1-4H3. The zero-order valence-corrected chi connectivity index (χ0v) is 9.03. The fourth-order valence-corrected chi connectivity index (χ4v) is 3.32. The third-order valence-corrected chi connectivity index (χ3v) is 3.25. The van der Waals surface area contributed by atoms with Crippen molar-refractivity contribution >= 4 is 19.7 Å². The molecule has 0 aliphatic carbocycles. The minimum absolute atomic E-state index is 0.0586. The van der Waals surface area contributed by atoms with E-state index in [0.29, 0.717) is 0 Å². The van der Waals surface area contributed by atoms with Crippen molar-refractivity contribution in [2.45, 2.75) is 38.2 Å². The summed E-state index contributed by atoms with van der Waals surface area (Å²) in [4.78, 5) is 0. The lowest BCUT2D eigenvalue weighted by Crippen LogP contribution is -2.25. The van der Waals surface area contributed by atoms with E-state index >= 15 is 0 Å². The first kappa shape index (κ1) is 10.5. The van der Waals surface area contributed by atoms with Crippen molar-refractivity contribution in [3.63, 3.8) is 0 Å². The maximum atomic E-state index is 5.88. The minimum atomic E-state index is -1.01. The topological polar surface area (TPSA) is 9.23 Å². The fourth-order valence-electron chi connectivity index (χ4n) is 0.721. The largest absolute Gasteiger partial charge is 0.363 e. The Bertz CT molecular complexity index is 90.1. The second-order valence-corrected chi connectivity index (χ2v) is 9.65. The number of hydrogen-bond acceptors (Lipinski definition) is 1. The van der Waals surface area contributed by atoms with E-state index in [9.17, 15) is 0 Å². The van der Waals surface area contributed by atoms with E-state index < -0.39 is 8.07 Å². The van der Waals surface area contributed by atoms with Crippen LogP contribution in [0.4, 0.5) is 0 Å². The summed E-state index contributed by atoms with van der Waals surface area (Å²) < 4.78 is 5.22. The van der Waals surface area contributed by atoms with Gasteiger partial charge in [0, 0.05) is 14.7 Å². The molecule has 10 heavy (non-hydrogen) atoms. The van der Waals surface area contributed by atoms with Gasteiger partial charge in [-0.2, -0.15) is 0 Å². The summed E-state index contributed by atoms with van der Waals surface area (Å²) in [6.45, 7) is 9.57. The molecule has 0 rings (SSSR count). The minimum Gasteiger partial charge on any atom is -0.363 e. The zero-order valence-electron chi connectivity index (χ0n) is 7.28. The van der Waals surface area contributed by atoms with E-state index in [1.54, 1.807) is 0 Å². The zero-order chi connectivity index (χ0) is 8.20. The predicted molar refractivity (Wildman–Crippen MR) is 49.4 cm³/mol. The second-order valence-electron chi connectivity index (χ2n) is 3.63. The van der Waals surface area contributed by atoms with E-state index in [2.05, 4.69) is 19.6 Å². The summed E-state index contributed by atoms with van der Waals surface area (Å²) in [5, 5.41) is 0. The third-order valence-electron chi connectivity index (χ3n) is 1.12. The molecule has 0 aliphatic heterocycles. The van der Waals surface area contributed by atoms with Crippen molar-refractivity contribution in [2.75, 3.05) is 6.61 Å². The number of halogens is 1. The number of alkyl halides is 1. The van der Waals surface area contributed by atoms with Gasteiger partial charge in [-0.05, 0) is 13.0 Å². The summed E-state index contributed by atoms with van der Waals surface area (Å²) in [5.74, 6) is 0. The van der Waals surface area contributed by atoms with Crippen LogP contribution in [-0.2, 0) is 4.74 Å². The lowest BCUT2D eigenvalue weighted by molar-refractivity contribution is 0.131. The Morgan fingerprint density at radius 3 is 2.20 bits per heavy atom. The van der Waals surface area contributed by atoms with Crippen LogP contribution >= 0.6 is 11.6 Å². The highest BCUT2D eigenvalue weighted by Crippen LogP contribution is 2.16. The van der Waals surface area contributed by atoms with E-state index in [-0.39, 0.29) is 5.56 Å². The SMILES string of the molecule is CCOC(Cl)C[Si](C)(C)C. The van der Waals surface area contributed by atoms with Gasteiger partial charge in [0.25, 0.3) is 0 Å². The van der Waals surface area contributed by atoms with Gasteiger partial charge in [0.2, 0.25) is 0 Å². The molecule has 1 atom stereocenters. The summed E-state index contributed by atoms with van der Waals surface area (Å²) >= 11 is 5.88. The first-order valence-corrected chi connectivity index (χ1v) is 7.86. The highest BCUT2D eigenvalue weighted by atomic mass is 35.5. The molecule has 1 unspecified atom stereocenters. The van der Waals surface area contributed by atoms with E-state index in [4.69, 9.17) is 16.3 Å². The molecular weight excluding hydrogens is 164 g/mol. The maximum absolute atomic E-state index is 5.88. The van der Waals surface area contributed by atoms with Crippen molar-refractivity contribution < 1.29 is 4.74 Å². The van der Waals surface area contributed by atoms with Crippen molar-refractivity contribution in [3.8, 4) is 0 Å². The second kappa shape index (κ2) is 4.37. The van der Waals surface area contributed by atoms with Gasteiger partial charge >= 0.3 is 0 Å². The average Bonchev–Trinajstić information content (AvgIpc) is 1.59. The Balaban J connectivity index is 3.47. The molecule has 0 radical (unpaired) electrons. The van der Waals surface area contributed by atoms with Crippen molar-refractivity contribution in [2.24, 2.45) is 0 Å².